The molecule has 0 bridgehead atoms. The molecule has 0 fully saturated rings. The summed E-state index contributed by atoms with van der Waals surface area (Å²) in [6.45, 7) is 17.6. The Balaban J connectivity index is 1.08. The highest BCUT2D eigenvalue weighted by Crippen LogP contribution is 2.51. The summed E-state index contributed by atoms with van der Waals surface area (Å²) in [5.74, 6) is 0. The largest absolute Gasteiger partial charge is 0.340 e. The van der Waals surface area contributed by atoms with E-state index in [4.69, 9.17) is 6.57 Å². The van der Waals surface area contributed by atoms with E-state index in [0.717, 1.165) is 68.1 Å². The van der Waals surface area contributed by atoms with Crippen molar-refractivity contribution >= 4 is 112 Å². The lowest BCUT2D eigenvalue weighted by Crippen LogP contribution is -2.19. The van der Waals surface area contributed by atoms with Crippen LogP contribution >= 0.6 is 35.3 Å². The van der Waals surface area contributed by atoms with Gasteiger partial charge in [0.05, 0.1) is 64.0 Å². The molecule has 6 nitrogen and oxygen atoms in total. The van der Waals surface area contributed by atoms with Crippen molar-refractivity contribution in [3.63, 3.8) is 0 Å². The van der Waals surface area contributed by atoms with Crippen LogP contribution in [0.15, 0.2) is 157 Å². The van der Waals surface area contributed by atoms with Gasteiger partial charge in [-0.2, -0.15) is 10.5 Å². The predicted octanol–water partition coefficient (Wildman–Crippen LogP) is 16.4. The van der Waals surface area contributed by atoms with Crippen LogP contribution in [0.5, 0.6) is 0 Å². The Morgan fingerprint density at radius 1 is 0.439 bits per heavy atom. The van der Waals surface area contributed by atoms with Crippen molar-refractivity contribution in [2.24, 2.45) is 0 Å². The highest BCUT2D eigenvalue weighted by atomic mass is 32.2. The van der Waals surface area contributed by atoms with Crippen molar-refractivity contribution in [1.29, 1.82) is 10.5 Å². The van der Waals surface area contributed by atoms with Crippen molar-refractivity contribution in [2.45, 2.75) is 50.1 Å². The van der Waals surface area contributed by atoms with Crippen molar-refractivity contribution in [3.05, 3.63) is 183 Å². The summed E-state index contributed by atoms with van der Waals surface area (Å²) in [6, 6.07) is 49.4. The molecule has 7 aromatic carbocycles. The molecule has 0 spiro atoms. The zero-order chi connectivity index (χ0) is 45.3. The molecular formula is C57H42N6S3. The molecule has 7 aromatic rings. The molecule has 10 rings (SSSR count). The van der Waals surface area contributed by atoms with Gasteiger partial charge in [-0.05, 0) is 121 Å². The van der Waals surface area contributed by atoms with Gasteiger partial charge >= 0.3 is 0 Å². The normalized spacial score (nSPS) is 13.4. The lowest BCUT2D eigenvalue weighted by Gasteiger charge is -2.32. The molecule has 3 aliphatic heterocycles. The van der Waals surface area contributed by atoms with Gasteiger partial charge in [0.15, 0.2) is 0 Å². The molecule has 3 heterocycles. The van der Waals surface area contributed by atoms with E-state index in [9.17, 15) is 10.5 Å². The average Bonchev–Trinajstić information content (AvgIpc) is 3.36. The first-order chi connectivity index (χ1) is 32.4. The Hall–Kier alpha value is -7.32. The quantitative estimate of drug-likeness (QED) is 0.105. The van der Waals surface area contributed by atoms with Crippen molar-refractivity contribution in [3.8, 4) is 12.1 Å². The lowest BCUT2D eigenvalue weighted by atomic mass is 9.88. The molecule has 9 heteroatoms. The van der Waals surface area contributed by atoms with E-state index in [1.165, 1.54) is 31.7 Å². The smallest absolute Gasteiger partial charge is 0.204 e. The molecular weight excluding hydrogens is 865 g/mol. The predicted molar refractivity (Wildman–Crippen MR) is 278 cm³/mol. The van der Waals surface area contributed by atoms with Gasteiger partial charge in [-0.15, -0.1) is 0 Å². The second kappa shape index (κ2) is 18.3. The minimum atomic E-state index is 0.257. The van der Waals surface area contributed by atoms with Crippen LogP contribution in [0.4, 0.5) is 39.8 Å². The van der Waals surface area contributed by atoms with Crippen molar-refractivity contribution in [1.82, 2.24) is 0 Å². The summed E-state index contributed by atoms with van der Waals surface area (Å²) in [7, 11) is 0. The van der Waals surface area contributed by atoms with Crippen molar-refractivity contribution < 1.29 is 0 Å². The molecule has 0 atom stereocenters. The number of anilines is 6. The fourth-order valence-corrected chi connectivity index (χ4v) is 12.5. The zero-order valence-electron chi connectivity index (χ0n) is 36.6. The number of hydrogen-bond donors (Lipinski definition) is 0. The molecule has 0 amide bonds. The van der Waals surface area contributed by atoms with Crippen LogP contribution in [0.3, 0.4) is 0 Å². The van der Waals surface area contributed by atoms with E-state index >= 15 is 0 Å². The fourth-order valence-electron chi connectivity index (χ4n) is 9.07. The van der Waals surface area contributed by atoms with Gasteiger partial charge in [-0.3, -0.25) is 0 Å². The highest BCUT2D eigenvalue weighted by molar-refractivity contribution is 8.00. The van der Waals surface area contributed by atoms with E-state index in [2.05, 4.69) is 180 Å². The topological polar surface area (TPSA) is 61.7 Å². The Morgan fingerprint density at radius 2 is 0.758 bits per heavy atom. The number of nitrogens with zero attached hydrogens (tertiary/aromatic N) is 6. The third-order valence-corrected chi connectivity index (χ3v) is 15.5. The molecule has 0 saturated heterocycles. The van der Waals surface area contributed by atoms with Crippen LogP contribution in [0.25, 0.3) is 41.3 Å². The second-order valence-corrected chi connectivity index (χ2v) is 19.0. The molecule has 0 unspecified atom stereocenters. The van der Waals surface area contributed by atoms with E-state index in [0.29, 0.717) is 16.7 Å². The van der Waals surface area contributed by atoms with Crippen LogP contribution in [0.2, 0.25) is 0 Å². The minimum Gasteiger partial charge on any atom is -0.340 e. The Labute approximate surface area is 399 Å². The first-order valence-electron chi connectivity index (χ1n) is 22.0. The summed E-state index contributed by atoms with van der Waals surface area (Å²) in [6.07, 6.45) is 11.6. The number of fused-ring (bicyclic) bond motifs is 6. The maximum absolute atomic E-state index is 11.0. The lowest BCUT2D eigenvalue weighted by molar-refractivity contribution is 0.979. The third kappa shape index (κ3) is 7.64. The standard InChI is InChI=1S/C57H42N6S3/c1-5-61-45-14-8-11-17-51(45)64-54-32-37(23-29-48(54)61)20-26-40-43(35-58)41(27-21-38-24-30-49-55(33-38)65-52-18-12-9-15-46(52)62(49)6-2)57(60-4)42(44(40)36-59)28-22-39-25-31-50-56(34-39)66-53-19-13-10-16-47(53)63(50)7-3/h8-34H,5-7H2,1-3H3/b26-20+,27-21+,28-22+. The molecule has 3 aliphatic rings. The molecule has 0 radical (unpaired) electrons. The van der Waals surface area contributed by atoms with Crippen LogP contribution in [0, 0.1) is 29.2 Å². The molecule has 0 aliphatic carbocycles. The molecule has 318 valence electrons. The van der Waals surface area contributed by atoms with Crippen LogP contribution in [-0.4, -0.2) is 19.6 Å². The summed E-state index contributed by atoms with van der Waals surface area (Å²) >= 11 is 5.24. The average molecular weight is 907 g/mol. The van der Waals surface area contributed by atoms with E-state index < -0.39 is 0 Å². The maximum Gasteiger partial charge on any atom is 0.204 e. The van der Waals surface area contributed by atoms with E-state index in [1.807, 2.05) is 36.5 Å². The van der Waals surface area contributed by atoms with Crippen molar-refractivity contribution in [2.75, 3.05) is 34.3 Å². The van der Waals surface area contributed by atoms with Crippen LogP contribution in [0.1, 0.15) is 65.3 Å². The molecule has 66 heavy (non-hydrogen) atoms. The van der Waals surface area contributed by atoms with Gasteiger partial charge in [0.2, 0.25) is 5.69 Å². The number of nitriles is 2. The molecule has 0 aromatic heterocycles. The number of rotatable bonds is 9. The molecule has 0 saturated carbocycles. The van der Waals surface area contributed by atoms with Gasteiger partial charge in [0.1, 0.15) is 0 Å². The monoisotopic (exact) mass is 906 g/mol. The van der Waals surface area contributed by atoms with E-state index in [1.54, 1.807) is 35.3 Å². The van der Waals surface area contributed by atoms with Crippen LogP contribution < -0.4 is 14.7 Å². The van der Waals surface area contributed by atoms with Gasteiger partial charge in [-0.25, -0.2) is 4.85 Å². The van der Waals surface area contributed by atoms with Crippen LogP contribution in [-0.2, 0) is 0 Å². The van der Waals surface area contributed by atoms with Gasteiger partial charge in [-0.1, -0.05) is 126 Å². The number of benzene rings is 7. The fraction of sp³-hybridized carbons (Fsp3) is 0.105. The second-order valence-electron chi connectivity index (χ2n) is 15.8. The third-order valence-electron chi connectivity index (χ3n) is 12.2. The Morgan fingerprint density at radius 3 is 1.08 bits per heavy atom. The van der Waals surface area contributed by atoms with Gasteiger partial charge in [0, 0.05) is 54.6 Å². The SMILES string of the molecule is [C-]#[N+]c1c(/C=C/c2ccc3c(c2)Sc2ccccc2N3CC)c(C#N)c(/C=C/c2ccc3c(c2)Sc2ccccc2N3CC)c(C#N)c1/C=C/c1ccc2c(c1)Sc1ccccc1N2CC. The minimum absolute atomic E-state index is 0.257. The van der Waals surface area contributed by atoms with Gasteiger partial charge in [0.25, 0.3) is 0 Å². The number of para-hydroxylation sites is 3. The maximum atomic E-state index is 11.0. The summed E-state index contributed by atoms with van der Waals surface area (Å²) in [5, 5.41) is 22.0. The highest BCUT2D eigenvalue weighted by Gasteiger charge is 2.26. The summed E-state index contributed by atoms with van der Waals surface area (Å²) in [5.41, 5.74) is 12.1. The Bertz CT molecular complexity index is 2960. The van der Waals surface area contributed by atoms with Gasteiger partial charge < -0.3 is 14.7 Å². The zero-order valence-corrected chi connectivity index (χ0v) is 39.1. The van der Waals surface area contributed by atoms with E-state index in [-0.39, 0.29) is 16.8 Å². The Kier molecular flexibility index (Phi) is 11.8. The molecule has 0 N–H and O–H groups in total. The number of hydrogen-bond acceptors (Lipinski definition) is 8. The summed E-state index contributed by atoms with van der Waals surface area (Å²) in [4.78, 5) is 18.1. The summed E-state index contributed by atoms with van der Waals surface area (Å²) < 4.78 is 0. The first kappa shape index (κ1) is 42.6. The first-order valence-corrected chi connectivity index (χ1v) is 24.4.